The molecule has 0 aromatic rings. The largest absolute Gasteiger partial charge is 0.387 e. The van der Waals surface area contributed by atoms with Gasteiger partial charge in [0.1, 0.15) is 0 Å². The second-order valence-electron chi connectivity index (χ2n) is 3.99. The van der Waals surface area contributed by atoms with Crippen LogP contribution in [0.25, 0.3) is 0 Å². The Hall–Kier alpha value is -0.120. The Kier molecular flexibility index (Phi) is 3.71. The molecule has 13 heavy (non-hydrogen) atoms. The SMILES string of the molecule is COC(C)C(C)(O)C1CCOCC1. The van der Waals surface area contributed by atoms with E-state index in [2.05, 4.69) is 0 Å². The lowest BCUT2D eigenvalue weighted by Crippen LogP contribution is -2.47. The number of methoxy groups -OCH3 is 1. The fourth-order valence-corrected chi connectivity index (χ4v) is 1.85. The van der Waals surface area contributed by atoms with Crippen molar-refractivity contribution in [1.29, 1.82) is 0 Å². The molecular weight excluding hydrogens is 168 g/mol. The molecule has 3 nitrogen and oxygen atoms in total. The predicted octanol–water partition coefficient (Wildman–Crippen LogP) is 1.20. The second-order valence-corrected chi connectivity index (χ2v) is 3.99. The Morgan fingerprint density at radius 1 is 1.46 bits per heavy atom. The summed E-state index contributed by atoms with van der Waals surface area (Å²) in [6, 6.07) is 0. The van der Waals surface area contributed by atoms with Crippen molar-refractivity contribution < 1.29 is 14.6 Å². The summed E-state index contributed by atoms with van der Waals surface area (Å²) in [6.07, 6.45) is 1.75. The van der Waals surface area contributed by atoms with Crippen LogP contribution in [0.1, 0.15) is 26.7 Å². The molecular formula is C10H20O3. The predicted molar refractivity (Wildman–Crippen MR) is 50.6 cm³/mol. The van der Waals surface area contributed by atoms with Gasteiger partial charge in [-0.25, -0.2) is 0 Å². The average molecular weight is 188 g/mol. The summed E-state index contributed by atoms with van der Waals surface area (Å²) in [5.74, 6) is 0.302. The Morgan fingerprint density at radius 2 is 2.00 bits per heavy atom. The molecule has 0 saturated carbocycles. The third-order valence-corrected chi connectivity index (χ3v) is 3.22. The Labute approximate surface area is 80.0 Å². The minimum Gasteiger partial charge on any atom is -0.387 e. The first kappa shape index (κ1) is 11.0. The summed E-state index contributed by atoms with van der Waals surface area (Å²) in [7, 11) is 1.64. The minimum absolute atomic E-state index is 0.115. The molecule has 1 rings (SSSR count). The zero-order valence-corrected chi connectivity index (χ0v) is 8.75. The molecule has 1 heterocycles. The number of rotatable bonds is 3. The molecule has 3 heteroatoms. The Morgan fingerprint density at radius 3 is 2.46 bits per heavy atom. The van der Waals surface area contributed by atoms with E-state index >= 15 is 0 Å². The van der Waals surface area contributed by atoms with E-state index < -0.39 is 5.60 Å². The smallest absolute Gasteiger partial charge is 0.0906 e. The van der Waals surface area contributed by atoms with Crippen molar-refractivity contribution in [3.05, 3.63) is 0 Å². The van der Waals surface area contributed by atoms with Crippen molar-refractivity contribution in [1.82, 2.24) is 0 Å². The van der Waals surface area contributed by atoms with Crippen molar-refractivity contribution in [2.45, 2.75) is 38.4 Å². The number of aliphatic hydroxyl groups is 1. The molecule has 0 amide bonds. The molecule has 1 aliphatic rings. The first-order valence-corrected chi connectivity index (χ1v) is 4.92. The molecule has 0 bridgehead atoms. The van der Waals surface area contributed by atoms with E-state index in [-0.39, 0.29) is 6.10 Å². The summed E-state index contributed by atoms with van der Waals surface area (Å²) >= 11 is 0. The van der Waals surface area contributed by atoms with E-state index in [1.54, 1.807) is 7.11 Å². The van der Waals surface area contributed by atoms with Crippen LogP contribution in [-0.2, 0) is 9.47 Å². The topological polar surface area (TPSA) is 38.7 Å². The summed E-state index contributed by atoms with van der Waals surface area (Å²) in [4.78, 5) is 0. The normalized spacial score (nSPS) is 26.8. The highest BCUT2D eigenvalue weighted by Gasteiger charge is 2.38. The van der Waals surface area contributed by atoms with E-state index in [1.807, 2.05) is 13.8 Å². The third-order valence-electron chi connectivity index (χ3n) is 3.22. The summed E-state index contributed by atoms with van der Waals surface area (Å²) in [6.45, 7) is 5.29. The quantitative estimate of drug-likeness (QED) is 0.723. The van der Waals surface area contributed by atoms with Crippen molar-refractivity contribution in [2.75, 3.05) is 20.3 Å². The molecule has 0 radical (unpaired) electrons. The van der Waals surface area contributed by atoms with Gasteiger partial charge in [0, 0.05) is 20.3 Å². The first-order chi connectivity index (χ1) is 6.09. The van der Waals surface area contributed by atoms with Crippen molar-refractivity contribution in [3.8, 4) is 0 Å². The standard InChI is InChI=1S/C10H20O3/c1-8(12-3)10(2,11)9-4-6-13-7-5-9/h8-9,11H,4-7H2,1-3H3. The molecule has 2 unspecified atom stereocenters. The maximum atomic E-state index is 10.2. The average Bonchev–Trinajstić information content (AvgIpc) is 2.18. The molecule has 1 aliphatic heterocycles. The maximum Gasteiger partial charge on any atom is 0.0906 e. The Balaban J connectivity index is 2.55. The number of hydrogen-bond acceptors (Lipinski definition) is 3. The van der Waals surface area contributed by atoms with Crippen LogP contribution in [0.4, 0.5) is 0 Å². The van der Waals surface area contributed by atoms with Crippen LogP contribution >= 0.6 is 0 Å². The number of ether oxygens (including phenoxy) is 2. The second kappa shape index (κ2) is 4.40. The van der Waals surface area contributed by atoms with E-state index in [1.165, 1.54) is 0 Å². The van der Waals surface area contributed by atoms with E-state index in [4.69, 9.17) is 9.47 Å². The van der Waals surface area contributed by atoms with Gasteiger partial charge in [-0.2, -0.15) is 0 Å². The highest BCUT2D eigenvalue weighted by atomic mass is 16.5. The Bertz CT molecular complexity index is 150. The fourth-order valence-electron chi connectivity index (χ4n) is 1.85. The molecule has 1 fully saturated rings. The van der Waals surface area contributed by atoms with Crippen LogP contribution in [0.5, 0.6) is 0 Å². The summed E-state index contributed by atoms with van der Waals surface area (Å²) < 4.78 is 10.4. The van der Waals surface area contributed by atoms with Crippen molar-refractivity contribution in [2.24, 2.45) is 5.92 Å². The fraction of sp³-hybridized carbons (Fsp3) is 1.00. The van der Waals surface area contributed by atoms with Gasteiger partial charge >= 0.3 is 0 Å². The summed E-state index contributed by atoms with van der Waals surface area (Å²) in [5, 5.41) is 10.2. The van der Waals surface area contributed by atoms with Crippen molar-refractivity contribution in [3.63, 3.8) is 0 Å². The van der Waals surface area contributed by atoms with E-state index in [0.717, 1.165) is 26.1 Å². The summed E-state index contributed by atoms with van der Waals surface area (Å²) in [5.41, 5.74) is -0.724. The first-order valence-electron chi connectivity index (χ1n) is 4.92. The minimum atomic E-state index is -0.724. The van der Waals surface area contributed by atoms with Crippen LogP contribution in [-0.4, -0.2) is 37.1 Å². The van der Waals surface area contributed by atoms with Gasteiger partial charge in [-0.1, -0.05) is 0 Å². The van der Waals surface area contributed by atoms with Gasteiger partial charge in [-0.3, -0.25) is 0 Å². The highest BCUT2D eigenvalue weighted by Crippen LogP contribution is 2.30. The maximum absolute atomic E-state index is 10.2. The van der Waals surface area contributed by atoms with Crippen LogP contribution in [0, 0.1) is 5.92 Å². The highest BCUT2D eigenvalue weighted by molar-refractivity contribution is 4.88. The lowest BCUT2D eigenvalue weighted by molar-refractivity contribution is -0.129. The van der Waals surface area contributed by atoms with E-state index in [0.29, 0.717) is 5.92 Å². The van der Waals surface area contributed by atoms with Gasteiger partial charge < -0.3 is 14.6 Å². The van der Waals surface area contributed by atoms with Gasteiger partial charge in [0.25, 0.3) is 0 Å². The molecule has 0 aliphatic carbocycles. The van der Waals surface area contributed by atoms with Gasteiger partial charge in [-0.05, 0) is 32.6 Å². The number of hydrogen-bond donors (Lipinski definition) is 1. The molecule has 1 N–H and O–H groups in total. The molecule has 1 saturated heterocycles. The van der Waals surface area contributed by atoms with Crippen molar-refractivity contribution >= 4 is 0 Å². The molecule has 2 atom stereocenters. The van der Waals surface area contributed by atoms with Gasteiger partial charge in [0.05, 0.1) is 11.7 Å². The zero-order chi connectivity index (χ0) is 9.90. The van der Waals surface area contributed by atoms with Crippen LogP contribution in [0.3, 0.4) is 0 Å². The van der Waals surface area contributed by atoms with Gasteiger partial charge in [0.2, 0.25) is 0 Å². The van der Waals surface area contributed by atoms with Crippen LogP contribution < -0.4 is 0 Å². The third kappa shape index (κ3) is 2.42. The van der Waals surface area contributed by atoms with E-state index in [9.17, 15) is 5.11 Å². The molecule has 78 valence electrons. The monoisotopic (exact) mass is 188 g/mol. The van der Waals surface area contributed by atoms with Gasteiger partial charge in [0.15, 0.2) is 0 Å². The lowest BCUT2D eigenvalue weighted by atomic mass is 9.80. The zero-order valence-electron chi connectivity index (χ0n) is 8.75. The lowest BCUT2D eigenvalue weighted by Gasteiger charge is -2.39. The molecule has 0 aromatic heterocycles. The molecule has 0 spiro atoms. The molecule has 0 aromatic carbocycles. The van der Waals surface area contributed by atoms with Gasteiger partial charge in [-0.15, -0.1) is 0 Å². The van der Waals surface area contributed by atoms with Crippen LogP contribution in [0.15, 0.2) is 0 Å². The van der Waals surface area contributed by atoms with Crippen LogP contribution in [0.2, 0.25) is 0 Å².